The molecule has 0 aliphatic carbocycles. The van der Waals surface area contributed by atoms with Crippen molar-refractivity contribution >= 4 is 22.6 Å². The van der Waals surface area contributed by atoms with Crippen molar-refractivity contribution in [3.05, 3.63) is 0 Å². The molecule has 0 heterocycles. The van der Waals surface area contributed by atoms with Gasteiger partial charge in [-0.25, -0.2) is 0 Å². The minimum Gasteiger partial charge on any atom is -0.200 e. The Labute approximate surface area is 199 Å². The minimum absolute atomic E-state index is 0.126. The maximum absolute atomic E-state index is 14.2. The lowest BCUT2D eigenvalue weighted by atomic mass is 9.85. The summed E-state index contributed by atoms with van der Waals surface area (Å²) in [6, 6.07) is 0. The molecule has 0 aromatic rings. The third kappa shape index (κ3) is 5.97. The van der Waals surface area contributed by atoms with Crippen LogP contribution in [0.15, 0.2) is 0 Å². The summed E-state index contributed by atoms with van der Waals surface area (Å²) in [7, 11) is 0. The lowest BCUT2D eigenvalue weighted by Crippen LogP contribution is -2.72. The first-order chi connectivity index (χ1) is 14.8. The summed E-state index contributed by atoms with van der Waals surface area (Å²) in [6.07, 6.45) is -7.90. The van der Waals surface area contributed by atoms with Gasteiger partial charge in [0.15, 0.2) is 0 Å². The van der Waals surface area contributed by atoms with Crippen LogP contribution in [0, 0.1) is 0 Å². The first-order valence-corrected chi connectivity index (χ1v) is 10.9. The van der Waals surface area contributed by atoms with Gasteiger partial charge in [-0.3, -0.25) is 0 Å². The van der Waals surface area contributed by atoms with Crippen molar-refractivity contribution in [3.63, 3.8) is 0 Å². The van der Waals surface area contributed by atoms with Gasteiger partial charge in [0.1, 0.15) is 0 Å². The molecule has 0 N–H and O–H groups in total. The second-order valence-corrected chi connectivity index (χ2v) is 10.2. The molecule has 0 aliphatic rings. The van der Waals surface area contributed by atoms with E-state index in [1.165, 1.54) is 22.6 Å². The lowest BCUT2D eigenvalue weighted by Gasteiger charge is -2.43. The standard InChI is InChI=1S/C18H22F15I/c1-3-5-6-7-8-9-11(34,4-2)10-12(19,20)13(21,22)14(23,24)15(25,26)16(27,28)17(29,30)18(31,32)33/h3-10H2,1-2H3. The third-order valence-corrected chi connectivity index (χ3v) is 6.98. The Hall–Kier alpha value is -0.320. The van der Waals surface area contributed by atoms with Crippen LogP contribution < -0.4 is 0 Å². The molecule has 34 heavy (non-hydrogen) atoms. The number of unbranched alkanes of at least 4 members (excludes halogenated alkanes) is 4. The van der Waals surface area contributed by atoms with E-state index >= 15 is 0 Å². The summed E-state index contributed by atoms with van der Waals surface area (Å²) in [5, 5.41) is 0. The molecule has 0 radical (unpaired) electrons. The number of halogens is 16. The summed E-state index contributed by atoms with van der Waals surface area (Å²) in [6.45, 7) is 3.00. The van der Waals surface area contributed by atoms with Crippen LogP contribution in [0.5, 0.6) is 0 Å². The zero-order chi connectivity index (χ0) is 27.7. The SMILES string of the molecule is CCCCCCCC(I)(CC)CC(F)(F)C(F)(F)C(F)(F)C(F)(F)C(F)(F)C(F)(F)C(F)(F)F. The van der Waals surface area contributed by atoms with E-state index in [-0.39, 0.29) is 12.8 Å². The predicted molar refractivity (Wildman–Crippen MR) is 101 cm³/mol. The van der Waals surface area contributed by atoms with Gasteiger partial charge in [0.2, 0.25) is 0 Å². The fourth-order valence-corrected chi connectivity index (χ4v) is 3.80. The molecular formula is C18H22F15I. The lowest BCUT2D eigenvalue weighted by molar-refractivity contribution is -0.452. The molecule has 0 spiro atoms. The topological polar surface area (TPSA) is 0 Å². The average molecular weight is 650 g/mol. The van der Waals surface area contributed by atoms with Crippen LogP contribution in [0.1, 0.15) is 65.2 Å². The summed E-state index contributed by atoms with van der Waals surface area (Å²) in [5.74, 6) is -46.0. The van der Waals surface area contributed by atoms with Crippen molar-refractivity contribution in [3.8, 4) is 0 Å². The zero-order valence-corrected chi connectivity index (χ0v) is 19.9. The van der Waals surface area contributed by atoms with Crippen LogP contribution >= 0.6 is 22.6 Å². The fourth-order valence-electron chi connectivity index (χ4n) is 2.94. The van der Waals surface area contributed by atoms with Crippen LogP contribution in [0.2, 0.25) is 0 Å². The van der Waals surface area contributed by atoms with Crippen LogP contribution in [-0.4, -0.2) is 45.1 Å². The normalized spacial score (nSPS) is 17.1. The zero-order valence-electron chi connectivity index (χ0n) is 17.7. The molecule has 0 nitrogen and oxygen atoms in total. The second-order valence-electron chi connectivity index (χ2n) is 7.92. The van der Waals surface area contributed by atoms with Crippen LogP contribution in [0.3, 0.4) is 0 Å². The molecule has 0 amide bonds. The quantitative estimate of drug-likeness (QED) is 0.0761. The van der Waals surface area contributed by atoms with Crippen molar-refractivity contribution in [2.75, 3.05) is 0 Å². The third-order valence-electron chi connectivity index (χ3n) is 5.29. The summed E-state index contributed by atoms with van der Waals surface area (Å²) < 4.78 is 198. The monoisotopic (exact) mass is 650 g/mol. The van der Waals surface area contributed by atoms with E-state index in [1.54, 1.807) is 0 Å². The van der Waals surface area contributed by atoms with E-state index in [1.807, 2.05) is 6.92 Å². The largest absolute Gasteiger partial charge is 0.460 e. The van der Waals surface area contributed by atoms with Gasteiger partial charge in [-0.2, -0.15) is 65.9 Å². The number of hydrogen-bond donors (Lipinski definition) is 0. The highest BCUT2D eigenvalue weighted by Gasteiger charge is 2.93. The number of hydrogen-bond acceptors (Lipinski definition) is 0. The predicted octanol–water partition coefficient (Wildman–Crippen LogP) is 9.69. The molecular weight excluding hydrogens is 628 g/mol. The summed E-state index contributed by atoms with van der Waals surface area (Å²) in [5.41, 5.74) is 0. The Morgan fingerprint density at radius 1 is 0.500 bits per heavy atom. The molecule has 0 saturated heterocycles. The summed E-state index contributed by atoms with van der Waals surface area (Å²) in [4.78, 5) is 0. The number of alkyl halides is 16. The van der Waals surface area contributed by atoms with Gasteiger partial charge in [-0.1, -0.05) is 68.5 Å². The van der Waals surface area contributed by atoms with E-state index in [2.05, 4.69) is 0 Å². The van der Waals surface area contributed by atoms with Crippen molar-refractivity contribution in [2.24, 2.45) is 0 Å². The second kappa shape index (κ2) is 10.6. The average Bonchev–Trinajstić information content (AvgIpc) is 2.65. The van der Waals surface area contributed by atoms with Gasteiger partial charge in [0.05, 0.1) is 0 Å². The van der Waals surface area contributed by atoms with Gasteiger partial charge in [-0.15, -0.1) is 0 Å². The van der Waals surface area contributed by atoms with Crippen molar-refractivity contribution in [2.45, 2.75) is 110 Å². The highest BCUT2D eigenvalue weighted by atomic mass is 127. The van der Waals surface area contributed by atoms with Crippen LogP contribution in [0.4, 0.5) is 65.9 Å². The van der Waals surface area contributed by atoms with E-state index in [0.717, 1.165) is 19.8 Å². The van der Waals surface area contributed by atoms with E-state index in [4.69, 9.17) is 0 Å². The highest BCUT2D eigenvalue weighted by molar-refractivity contribution is 14.1. The molecule has 0 aromatic heterocycles. The first-order valence-electron chi connectivity index (χ1n) is 9.85. The maximum Gasteiger partial charge on any atom is 0.460 e. The van der Waals surface area contributed by atoms with Crippen molar-refractivity contribution < 1.29 is 65.9 Å². The van der Waals surface area contributed by atoms with Crippen LogP contribution in [-0.2, 0) is 0 Å². The Bertz CT molecular complexity index is 656. The van der Waals surface area contributed by atoms with Crippen LogP contribution in [0.25, 0.3) is 0 Å². The Balaban J connectivity index is 6.15. The van der Waals surface area contributed by atoms with Gasteiger partial charge < -0.3 is 0 Å². The van der Waals surface area contributed by atoms with Gasteiger partial charge in [-0.05, 0) is 12.8 Å². The first kappa shape index (κ1) is 33.7. The molecule has 0 aliphatic heterocycles. The van der Waals surface area contributed by atoms with Gasteiger partial charge in [0.25, 0.3) is 0 Å². The molecule has 0 aromatic carbocycles. The van der Waals surface area contributed by atoms with Crippen molar-refractivity contribution in [1.29, 1.82) is 0 Å². The Kier molecular flexibility index (Phi) is 10.5. The molecule has 16 heteroatoms. The molecule has 1 unspecified atom stereocenters. The molecule has 206 valence electrons. The molecule has 1 atom stereocenters. The van der Waals surface area contributed by atoms with E-state index in [0.29, 0.717) is 12.8 Å². The highest BCUT2D eigenvalue weighted by Crippen LogP contribution is 2.63. The molecule has 0 bridgehead atoms. The molecule has 0 rings (SSSR count). The smallest absolute Gasteiger partial charge is 0.200 e. The van der Waals surface area contributed by atoms with E-state index < -0.39 is 58.0 Å². The Morgan fingerprint density at radius 3 is 1.26 bits per heavy atom. The van der Waals surface area contributed by atoms with Gasteiger partial charge >= 0.3 is 41.7 Å². The van der Waals surface area contributed by atoms with E-state index in [9.17, 15) is 65.9 Å². The minimum atomic E-state index is -8.23. The number of rotatable bonds is 14. The fraction of sp³-hybridized carbons (Fsp3) is 1.00. The molecule has 0 saturated carbocycles. The van der Waals surface area contributed by atoms with Crippen molar-refractivity contribution in [1.82, 2.24) is 0 Å². The molecule has 0 fully saturated rings. The summed E-state index contributed by atoms with van der Waals surface area (Å²) >= 11 is 1.19. The Morgan fingerprint density at radius 2 is 0.882 bits per heavy atom. The maximum atomic E-state index is 14.2. The van der Waals surface area contributed by atoms with Gasteiger partial charge in [0, 0.05) is 9.84 Å².